The first-order valence-electron chi connectivity index (χ1n) is 8.25. The molecule has 1 aromatic rings. The van der Waals surface area contributed by atoms with Gasteiger partial charge in [0.15, 0.2) is 0 Å². The van der Waals surface area contributed by atoms with Crippen molar-refractivity contribution >= 4 is 0 Å². The van der Waals surface area contributed by atoms with Crippen LogP contribution in [0.3, 0.4) is 0 Å². The minimum absolute atomic E-state index is 0.215. The van der Waals surface area contributed by atoms with E-state index in [1.807, 2.05) is 0 Å². The highest BCUT2D eigenvalue weighted by molar-refractivity contribution is 5.18. The van der Waals surface area contributed by atoms with Crippen LogP contribution < -0.4 is 5.32 Å². The quantitative estimate of drug-likeness (QED) is 0.843. The summed E-state index contributed by atoms with van der Waals surface area (Å²) in [5, 5.41) is 3.63. The lowest BCUT2D eigenvalue weighted by Crippen LogP contribution is -2.30. The van der Waals surface area contributed by atoms with Crippen LogP contribution in [0.4, 0.5) is 0 Å². The zero-order chi connectivity index (χ0) is 13.8. The minimum atomic E-state index is 0.215. The van der Waals surface area contributed by atoms with Gasteiger partial charge in [0.1, 0.15) is 0 Å². The molecule has 2 aliphatic rings. The van der Waals surface area contributed by atoms with Gasteiger partial charge in [-0.1, -0.05) is 50.1 Å². The van der Waals surface area contributed by atoms with Crippen LogP contribution in [-0.4, -0.2) is 18.7 Å². The predicted octanol–water partition coefficient (Wildman–Crippen LogP) is 4.08. The van der Waals surface area contributed by atoms with Crippen LogP contribution in [-0.2, 0) is 4.74 Å². The van der Waals surface area contributed by atoms with Gasteiger partial charge in [0.2, 0.25) is 0 Å². The Morgan fingerprint density at radius 1 is 1.15 bits per heavy atom. The van der Waals surface area contributed by atoms with Gasteiger partial charge in [-0.15, -0.1) is 0 Å². The lowest BCUT2D eigenvalue weighted by atomic mass is 9.88. The van der Waals surface area contributed by atoms with Crippen molar-refractivity contribution in [3.05, 3.63) is 35.9 Å². The lowest BCUT2D eigenvalue weighted by molar-refractivity contribution is -0.0396. The standard InChI is InChI=1S/C18H27NO/c1-14-6-5-9-17(12-14)20-18(13-19-16-10-11-16)15-7-3-2-4-8-15/h2-4,7-8,14,16-19H,5-6,9-13H2,1H3. The van der Waals surface area contributed by atoms with E-state index in [4.69, 9.17) is 4.74 Å². The normalized spacial score (nSPS) is 28.2. The summed E-state index contributed by atoms with van der Waals surface area (Å²) < 4.78 is 6.46. The van der Waals surface area contributed by atoms with E-state index in [0.29, 0.717) is 6.10 Å². The molecule has 0 amide bonds. The van der Waals surface area contributed by atoms with Crippen LogP contribution in [0.1, 0.15) is 57.1 Å². The van der Waals surface area contributed by atoms with E-state index in [1.54, 1.807) is 0 Å². The van der Waals surface area contributed by atoms with Crippen molar-refractivity contribution in [1.29, 1.82) is 0 Å². The van der Waals surface area contributed by atoms with Gasteiger partial charge in [-0.2, -0.15) is 0 Å². The molecule has 2 nitrogen and oxygen atoms in total. The number of nitrogens with one attached hydrogen (secondary N) is 1. The average molecular weight is 273 g/mol. The molecule has 0 radical (unpaired) electrons. The summed E-state index contributed by atoms with van der Waals surface area (Å²) in [4.78, 5) is 0. The molecular formula is C18H27NO. The molecule has 2 heteroatoms. The summed E-state index contributed by atoms with van der Waals surface area (Å²) in [6.07, 6.45) is 8.49. The highest BCUT2D eigenvalue weighted by Gasteiger charge is 2.26. The van der Waals surface area contributed by atoms with Crippen LogP contribution in [0, 0.1) is 5.92 Å². The third-order valence-electron chi connectivity index (χ3n) is 4.59. The van der Waals surface area contributed by atoms with Gasteiger partial charge in [0.05, 0.1) is 12.2 Å². The van der Waals surface area contributed by atoms with Crippen LogP contribution in [0.2, 0.25) is 0 Å². The van der Waals surface area contributed by atoms with E-state index < -0.39 is 0 Å². The molecule has 3 unspecified atom stereocenters. The Balaban J connectivity index is 1.61. The molecule has 2 saturated carbocycles. The Hall–Kier alpha value is -0.860. The minimum Gasteiger partial charge on any atom is -0.369 e. The molecular weight excluding hydrogens is 246 g/mol. The van der Waals surface area contributed by atoms with Crippen molar-refractivity contribution in [2.75, 3.05) is 6.54 Å². The molecule has 0 aliphatic heterocycles. The summed E-state index contributed by atoms with van der Waals surface area (Å²) >= 11 is 0. The smallest absolute Gasteiger partial charge is 0.0953 e. The number of ether oxygens (including phenoxy) is 1. The van der Waals surface area contributed by atoms with E-state index in [9.17, 15) is 0 Å². The summed E-state index contributed by atoms with van der Waals surface area (Å²) in [6, 6.07) is 11.5. The average Bonchev–Trinajstić information content (AvgIpc) is 3.29. The van der Waals surface area contributed by atoms with Crippen molar-refractivity contribution in [1.82, 2.24) is 5.32 Å². The van der Waals surface area contributed by atoms with Gasteiger partial charge in [-0.25, -0.2) is 0 Å². The first-order valence-corrected chi connectivity index (χ1v) is 8.25. The fraction of sp³-hybridized carbons (Fsp3) is 0.667. The molecule has 2 aliphatic carbocycles. The second kappa shape index (κ2) is 6.73. The number of hydrogen-bond acceptors (Lipinski definition) is 2. The highest BCUT2D eigenvalue weighted by atomic mass is 16.5. The molecule has 1 N–H and O–H groups in total. The maximum atomic E-state index is 6.46. The molecule has 110 valence electrons. The van der Waals surface area contributed by atoms with E-state index in [0.717, 1.165) is 18.5 Å². The van der Waals surface area contributed by atoms with Gasteiger partial charge in [-0.05, 0) is 37.2 Å². The van der Waals surface area contributed by atoms with E-state index in [-0.39, 0.29) is 6.10 Å². The third kappa shape index (κ3) is 4.07. The fourth-order valence-corrected chi connectivity index (χ4v) is 3.21. The van der Waals surface area contributed by atoms with Crippen molar-refractivity contribution in [3.8, 4) is 0 Å². The number of rotatable bonds is 6. The van der Waals surface area contributed by atoms with Crippen molar-refractivity contribution in [2.45, 2.75) is 63.7 Å². The monoisotopic (exact) mass is 273 g/mol. The van der Waals surface area contributed by atoms with Crippen LogP contribution in [0.15, 0.2) is 30.3 Å². The summed E-state index contributed by atoms with van der Waals surface area (Å²) in [5.41, 5.74) is 1.32. The summed E-state index contributed by atoms with van der Waals surface area (Å²) in [5.74, 6) is 0.821. The first-order chi connectivity index (χ1) is 9.81. The summed E-state index contributed by atoms with van der Waals surface area (Å²) in [6.45, 7) is 3.31. The second-order valence-corrected chi connectivity index (χ2v) is 6.61. The Bertz CT molecular complexity index is 401. The van der Waals surface area contributed by atoms with Gasteiger partial charge < -0.3 is 10.1 Å². The second-order valence-electron chi connectivity index (χ2n) is 6.61. The maximum absolute atomic E-state index is 6.46. The topological polar surface area (TPSA) is 21.3 Å². The predicted molar refractivity (Wildman–Crippen MR) is 82.7 cm³/mol. The zero-order valence-electron chi connectivity index (χ0n) is 12.6. The third-order valence-corrected chi connectivity index (χ3v) is 4.59. The molecule has 20 heavy (non-hydrogen) atoms. The Kier molecular flexibility index (Phi) is 4.74. The lowest BCUT2D eigenvalue weighted by Gasteiger charge is -2.31. The van der Waals surface area contributed by atoms with Crippen molar-refractivity contribution in [3.63, 3.8) is 0 Å². The Morgan fingerprint density at radius 3 is 2.65 bits per heavy atom. The molecule has 2 fully saturated rings. The highest BCUT2D eigenvalue weighted by Crippen LogP contribution is 2.30. The Morgan fingerprint density at radius 2 is 1.95 bits per heavy atom. The van der Waals surface area contributed by atoms with Gasteiger partial charge >= 0.3 is 0 Å². The zero-order valence-corrected chi connectivity index (χ0v) is 12.6. The Labute approximate surface area is 122 Å². The van der Waals surface area contributed by atoms with Crippen LogP contribution >= 0.6 is 0 Å². The van der Waals surface area contributed by atoms with E-state index in [2.05, 4.69) is 42.6 Å². The van der Waals surface area contributed by atoms with Crippen LogP contribution in [0.25, 0.3) is 0 Å². The molecule has 1 aromatic carbocycles. The fourth-order valence-electron chi connectivity index (χ4n) is 3.21. The van der Waals surface area contributed by atoms with Crippen LogP contribution in [0.5, 0.6) is 0 Å². The largest absolute Gasteiger partial charge is 0.369 e. The van der Waals surface area contributed by atoms with Crippen molar-refractivity contribution < 1.29 is 4.74 Å². The molecule has 0 bridgehead atoms. The van der Waals surface area contributed by atoms with Gasteiger partial charge in [0, 0.05) is 12.6 Å². The SMILES string of the molecule is CC1CCCC(OC(CNC2CC2)c2ccccc2)C1. The van der Waals surface area contributed by atoms with E-state index >= 15 is 0 Å². The molecule has 0 aromatic heterocycles. The molecule has 3 atom stereocenters. The first kappa shape index (κ1) is 14.1. The van der Waals surface area contributed by atoms with Gasteiger partial charge in [-0.3, -0.25) is 0 Å². The molecule has 0 heterocycles. The molecule has 0 saturated heterocycles. The number of hydrogen-bond donors (Lipinski definition) is 1. The van der Waals surface area contributed by atoms with Crippen molar-refractivity contribution in [2.24, 2.45) is 5.92 Å². The molecule has 0 spiro atoms. The molecule has 3 rings (SSSR count). The number of benzene rings is 1. The van der Waals surface area contributed by atoms with Gasteiger partial charge in [0.25, 0.3) is 0 Å². The van der Waals surface area contributed by atoms with E-state index in [1.165, 1.54) is 44.1 Å². The maximum Gasteiger partial charge on any atom is 0.0953 e. The summed E-state index contributed by atoms with van der Waals surface area (Å²) in [7, 11) is 0.